The summed E-state index contributed by atoms with van der Waals surface area (Å²) in [6.07, 6.45) is 4.26. The summed E-state index contributed by atoms with van der Waals surface area (Å²) in [5.41, 5.74) is 0.287. The largest absolute Gasteiger partial charge is 0.481 e. The fourth-order valence-electron chi connectivity index (χ4n) is 3.87. The lowest BCUT2D eigenvalue weighted by Crippen LogP contribution is -2.48. The summed E-state index contributed by atoms with van der Waals surface area (Å²) >= 11 is 0. The summed E-state index contributed by atoms with van der Waals surface area (Å²) in [6, 6.07) is 0.221. The lowest BCUT2D eigenvalue weighted by molar-refractivity contribution is -0.146. The van der Waals surface area contributed by atoms with Crippen LogP contribution in [0.4, 0.5) is 0 Å². The molecule has 0 heterocycles. The van der Waals surface area contributed by atoms with Crippen LogP contribution < -0.4 is 0 Å². The lowest BCUT2D eigenvalue weighted by Gasteiger charge is -2.44. The van der Waals surface area contributed by atoms with Gasteiger partial charge in [-0.25, -0.2) is 0 Å². The Morgan fingerprint density at radius 3 is 2.30 bits per heavy atom. The molecular weight excluding hydrogens is 250 g/mol. The van der Waals surface area contributed by atoms with E-state index >= 15 is 0 Å². The summed E-state index contributed by atoms with van der Waals surface area (Å²) in [7, 11) is 2.14. The van der Waals surface area contributed by atoms with E-state index in [2.05, 4.69) is 39.6 Å². The molecular formula is C17H31NO2. The first kappa shape index (κ1) is 15.8. The van der Waals surface area contributed by atoms with Gasteiger partial charge in [0.1, 0.15) is 0 Å². The summed E-state index contributed by atoms with van der Waals surface area (Å²) in [5.74, 6) is 1.50. The summed E-state index contributed by atoms with van der Waals surface area (Å²) in [6.45, 7) is 10.2. The maximum Gasteiger partial charge on any atom is 0.308 e. The van der Waals surface area contributed by atoms with Crippen molar-refractivity contribution in [2.75, 3.05) is 13.6 Å². The van der Waals surface area contributed by atoms with E-state index < -0.39 is 5.97 Å². The highest BCUT2D eigenvalue weighted by Gasteiger charge is 2.42. The average molecular weight is 281 g/mol. The maximum absolute atomic E-state index is 11.6. The van der Waals surface area contributed by atoms with Gasteiger partial charge in [0.15, 0.2) is 0 Å². The van der Waals surface area contributed by atoms with Gasteiger partial charge in [0, 0.05) is 12.6 Å². The van der Waals surface area contributed by atoms with Gasteiger partial charge >= 0.3 is 5.97 Å². The van der Waals surface area contributed by atoms with Gasteiger partial charge < -0.3 is 10.0 Å². The van der Waals surface area contributed by atoms with Crippen LogP contribution in [-0.2, 0) is 4.79 Å². The van der Waals surface area contributed by atoms with Crippen LogP contribution in [-0.4, -0.2) is 35.6 Å². The quantitative estimate of drug-likeness (QED) is 0.857. The summed E-state index contributed by atoms with van der Waals surface area (Å²) < 4.78 is 0. The molecule has 20 heavy (non-hydrogen) atoms. The zero-order valence-electron chi connectivity index (χ0n) is 13.7. The third-order valence-electron chi connectivity index (χ3n) is 5.72. The van der Waals surface area contributed by atoms with Crippen LogP contribution in [0.15, 0.2) is 0 Å². The minimum absolute atomic E-state index is 0.173. The number of nitrogens with zero attached hydrogens (tertiary/aromatic N) is 1. The third-order valence-corrected chi connectivity index (χ3v) is 5.72. The molecule has 0 aromatic heterocycles. The molecule has 5 atom stereocenters. The van der Waals surface area contributed by atoms with E-state index in [9.17, 15) is 9.90 Å². The number of carbonyl (C=O) groups is 1. The number of aliphatic carboxylic acids is 1. The van der Waals surface area contributed by atoms with E-state index in [1.54, 1.807) is 0 Å². The van der Waals surface area contributed by atoms with Crippen LogP contribution in [0.3, 0.4) is 0 Å². The van der Waals surface area contributed by atoms with Gasteiger partial charge in [0.25, 0.3) is 0 Å². The van der Waals surface area contributed by atoms with Gasteiger partial charge in [0.05, 0.1) is 5.92 Å². The molecule has 5 unspecified atom stereocenters. The van der Waals surface area contributed by atoms with Crippen LogP contribution in [0.25, 0.3) is 0 Å². The summed E-state index contributed by atoms with van der Waals surface area (Å²) in [5, 5.41) is 9.52. The Morgan fingerprint density at radius 1 is 1.25 bits per heavy atom. The normalized spacial score (nSPS) is 38.0. The highest BCUT2D eigenvalue weighted by molar-refractivity contribution is 5.71. The second-order valence-electron chi connectivity index (χ2n) is 8.30. The van der Waals surface area contributed by atoms with Crippen LogP contribution in [0, 0.1) is 29.1 Å². The molecule has 2 aliphatic rings. The van der Waals surface area contributed by atoms with Crippen LogP contribution >= 0.6 is 0 Å². The predicted molar refractivity (Wildman–Crippen MR) is 81.6 cm³/mol. The van der Waals surface area contributed by atoms with Gasteiger partial charge in [-0.2, -0.15) is 0 Å². The Balaban J connectivity index is 2.04. The molecule has 0 radical (unpaired) electrons. The number of hydrogen-bond acceptors (Lipinski definition) is 2. The molecule has 1 N–H and O–H groups in total. The second-order valence-corrected chi connectivity index (χ2v) is 8.30. The van der Waals surface area contributed by atoms with Crippen molar-refractivity contribution in [3.63, 3.8) is 0 Å². The minimum atomic E-state index is -0.599. The number of carboxylic acids is 1. The van der Waals surface area contributed by atoms with E-state index in [4.69, 9.17) is 0 Å². The Kier molecular flexibility index (Phi) is 4.48. The van der Waals surface area contributed by atoms with E-state index in [0.29, 0.717) is 5.92 Å². The molecule has 0 bridgehead atoms. The second kappa shape index (κ2) is 5.67. The number of hydrogen-bond donors (Lipinski definition) is 1. The third kappa shape index (κ3) is 3.55. The van der Waals surface area contributed by atoms with Crippen molar-refractivity contribution in [1.82, 2.24) is 4.90 Å². The molecule has 0 aliphatic heterocycles. The number of rotatable bonds is 4. The lowest BCUT2D eigenvalue weighted by atomic mass is 9.67. The smallest absolute Gasteiger partial charge is 0.308 e. The van der Waals surface area contributed by atoms with E-state index in [0.717, 1.165) is 37.6 Å². The Labute approximate surface area is 123 Å². The van der Waals surface area contributed by atoms with Crippen LogP contribution in [0.2, 0.25) is 0 Å². The molecule has 0 saturated heterocycles. The van der Waals surface area contributed by atoms with Gasteiger partial charge in [-0.3, -0.25) is 4.79 Å². The molecule has 2 fully saturated rings. The van der Waals surface area contributed by atoms with Crippen molar-refractivity contribution in [1.29, 1.82) is 0 Å². The Morgan fingerprint density at radius 2 is 1.85 bits per heavy atom. The van der Waals surface area contributed by atoms with Gasteiger partial charge in [-0.15, -0.1) is 0 Å². The molecule has 0 amide bonds. The fraction of sp³-hybridized carbons (Fsp3) is 0.941. The predicted octanol–water partition coefficient (Wildman–Crippen LogP) is 3.49. The highest BCUT2D eigenvalue weighted by atomic mass is 16.4. The van der Waals surface area contributed by atoms with Crippen LogP contribution in [0.5, 0.6) is 0 Å². The van der Waals surface area contributed by atoms with Gasteiger partial charge in [0.2, 0.25) is 0 Å². The van der Waals surface area contributed by atoms with Crippen molar-refractivity contribution in [3.05, 3.63) is 0 Å². The zero-order chi connectivity index (χ0) is 15.1. The van der Waals surface area contributed by atoms with E-state index in [1.165, 1.54) is 6.42 Å². The molecule has 0 aromatic carbocycles. The van der Waals surface area contributed by atoms with Crippen molar-refractivity contribution >= 4 is 5.97 Å². The molecule has 0 aromatic rings. The van der Waals surface area contributed by atoms with E-state index in [-0.39, 0.29) is 17.4 Å². The first-order chi connectivity index (χ1) is 9.20. The molecule has 116 valence electrons. The SMILES string of the molecule is CC1CC1CN(C)C1CC(C(C)(C)C)CCC1C(=O)O. The van der Waals surface area contributed by atoms with Crippen molar-refractivity contribution in [2.24, 2.45) is 29.1 Å². The monoisotopic (exact) mass is 281 g/mol. The topological polar surface area (TPSA) is 40.5 Å². The van der Waals surface area contributed by atoms with Gasteiger partial charge in [-0.05, 0) is 55.9 Å². The first-order valence-electron chi connectivity index (χ1n) is 8.13. The Bertz CT molecular complexity index is 360. The molecule has 3 nitrogen and oxygen atoms in total. The maximum atomic E-state index is 11.6. The molecule has 2 rings (SSSR count). The fourth-order valence-corrected chi connectivity index (χ4v) is 3.87. The average Bonchev–Trinajstić information content (AvgIpc) is 3.02. The molecule has 2 aliphatic carbocycles. The minimum Gasteiger partial charge on any atom is -0.481 e. The molecule has 0 spiro atoms. The highest BCUT2D eigenvalue weighted by Crippen LogP contribution is 2.43. The van der Waals surface area contributed by atoms with Crippen molar-refractivity contribution in [3.8, 4) is 0 Å². The van der Waals surface area contributed by atoms with E-state index in [1.807, 2.05) is 0 Å². The van der Waals surface area contributed by atoms with Gasteiger partial charge in [-0.1, -0.05) is 27.7 Å². The Hall–Kier alpha value is -0.570. The zero-order valence-corrected chi connectivity index (χ0v) is 13.7. The van der Waals surface area contributed by atoms with Crippen LogP contribution in [0.1, 0.15) is 53.4 Å². The standard InChI is InChI=1S/C17H31NO2/c1-11-8-12(11)10-18(5)15-9-13(17(2,3)4)6-7-14(15)16(19)20/h11-15H,6-10H2,1-5H3,(H,19,20). The summed E-state index contributed by atoms with van der Waals surface area (Å²) in [4.78, 5) is 13.9. The first-order valence-corrected chi connectivity index (χ1v) is 8.13. The van der Waals surface area contributed by atoms with Crippen molar-refractivity contribution in [2.45, 2.75) is 59.4 Å². The molecule has 2 saturated carbocycles. The van der Waals surface area contributed by atoms with Crippen molar-refractivity contribution < 1.29 is 9.90 Å². The number of carboxylic acid groups (broad SMARTS) is 1. The molecule has 3 heteroatoms.